The van der Waals surface area contributed by atoms with Gasteiger partial charge >= 0.3 is 12.1 Å². The number of allylic oxidation sites excluding steroid dienone is 2. The number of sulfone groups is 1. The number of nitrogens with zero attached hydrogens (tertiary/aromatic N) is 1. The van der Waals surface area contributed by atoms with Crippen LogP contribution in [0.4, 0.5) is 30.7 Å². The number of phenols is 1. The number of hydrogen-bond acceptors (Lipinski definition) is 4. The summed E-state index contributed by atoms with van der Waals surface area (Å²) in [5.41, 5.74) is 4.23. The van der Waals surface area contributed by atoms with Gasteiger partial charge in [0.25, 0.3) is 0 Å². The van der Waals surface area contributed by atoms with Gasteiger partial charge in [-0.3, -0.25) is 0 Å². The third kappa shape index (κ3) is 10.2. The van der Waals surface area contributed by atoms with E-state index in [1.165, 1.54) is 18.2 Å². The van der Waals surface area contributed by atoms with Crippen molar-refractivity contribution in [3.8, 4) is 5.75 Å². The molecule has 2 aromatic rings. The first kappa shape index (κ1) is 35.9. The van der Waals surface area contributed by atoms with Crippen LogP contribution >= 0.6 is 0 Å². The molecule has 4 nitrogen and oxygen atoms in total. The maximum absolute atomic E-state index is 14.8. The molecule has 0 aliphatic heterocycles. The second-order valence-electron chi connectivity index (χ2n) is 11.5. The molecule has 3 rings (SSSR count). The van der Waals surface area contributed by atoms with Crippen LogP contribution in [0.3, 0.4) is 0 Å². The number of fused-ring (bicyclic) bond motifs is 1. The molecule has 0 amide bonds. The van der Waals surface area contributed by atoms with Crippen molar-refractivity contribution in [2.24, 2.45) is 0 Å². The van der Waals surface area contributed by atoms with Crippen molar-refractivity contribution in [2.75, 3.05) is 31.6 Å². The normalized spacial score (nSPS) is 14.7. The van der Waals surface area contributed by atoms with E-state index in [0.29, 0.717) is 44.3 Å². The first-order valence-corrected chi connectivity index (χ1v) is 16.8. The van der Waals surface area contributed by atoms with Crippen LogP contribution < -0.4 is 0 Å². The monoisotopic (exact) mass is 651 g/mol. The molecule has 1 N–H and O–H groups in total. The van der Waals surface area contributed by atoms with E-state index in [4.69, 9.17) is 0 Å². The van der Waals surface area contributed by atoms with E-state index in [1.807, 2.05) is 11.9 Å². The van der Waals surface area contributed by atoms with Gasteiger partial charge in [-0.25, -0.2) is 17.2 Å². The molecule has 0 saturated heterocycles. The van der Waals surface area contributed by atoms with Crippen molar-refractivity contribution in [3.63, 3.8) is 0 Å². The van der Waals surface area contributed by atoms with Crippen LogP contribution in [0.15, 0.2) is 36.4 Å². The summed E-state index contributed by atoms with van der Waals surface area (Å²) in [4.78, 5) is 1.96. The van der Waals surface area contributed by atoms with Crippen molar-refractivity contribution in [2.45, 2.75) is 82.7 Å². The smallest absolute Gasteiger partial charge is 0.453 e. The topological polar surface area (TPSA) is 57.6 Å². The molecule has 0 aromatic heterocycles. The fourth-order valence-corrected chi connectivity index (χ4v) is 6.96. The summed E-state index contributed by atoms with van der Waals surface area (Å²) in [6.07, 6.45) is -1.69. The number of rotatable bonds is 16. The summed E-state index contributed by atoms with van der Waals surface area (Å²) in [7, 11) is -1.90. The Labute approximate surface area is 254 Å². The maximum Gasteiger partial charge on any atom is 0.453 e. The number of aromatic hydroxyl groups is 1. The Balaban J connectivity index is 1.46. The Morgan fingerprint density at radius 3 is 2.14 bits per heavy atom. The predicted molar refractivity (Wildman–Crippen MR) is 158 cm³/mol. The molecule has 12 heteroatoms. The van der Waals surface area contributed by atoms with Crippen LogP contribution in [0.2, 0.25) is 0 Å². The molecule has 0 spiro atoms. The van der Waals surface area contributed by atoms with Gasteiger partial charge in [-0.1, -0.05) is 31.0 Å². The van der Waals surface area contributed by atoms with Crippen LogP contribution in [0.1, 0.15) is 80.9 Å². The van der Waals surface area contributed by atoms with Gasteiger partial charge in [-0.05, 0) is 118 Å². The van der Waals surface area contributed by atoms with Crippen molar-refractivity contribution >= 4 is 21.0 Å². The molecule has 0 bridgehead atoms. The van der Waals surface area contributed by atoms with Gasteiger partial charge in [-0.15, -0.1) is 0 Å². The van der Waals surface area contributed by atoms with E-state index in [1.54, 1.807) is 18.2 Å². The molecular weight excluding hydrogens is 611 g/mol. The predicted octanol–water partition coefficient (Wildman–Crippen LogP) is 8.58. The zero-order chi connectivity index (χ0) is 32.5. The Hall–Kier alpha value is -2.60. The zero-order valence-corrected chi connectivity index (χ0v) is 25.7. The second-order valence-corrected chi connectivity index (χ2v) is 13.8. The molecular formula is C32H40F7NO3S. The summed E-state index contributed by atoms with van der Waals surface area (Å²) in [6, 6.07) is 9.42. The largest absolute Gasteiger partial charge is 0.505 e. The zero-order valence-electron chi connectivity index (χ0n) is 24.8. The third-order valence-electron chi connectivity index (χ3n) is 8.03. The molecule has 1 aliphatic rings. The van der Waals surface area contributed by atoms with E-state index < -0.39 is 46.3 Å². The average molecular weight is 652 g/mol. The molecule has 0 atom stereocenters. The molecule has 246 valence electrons. The number of halogens is 7. The first-order chi connectivity index (χ1) is 20.6. The van der Waals surface area contributed by atoms with Gasteiger partial charge in [-0.2, -0.15) is 22.0 Å². The van der Waals surface area contributed by atoms with Crippen LogP contribution in [-0.4, -0.2) is 62.2 Å². The molecule has 0 saturated carbocycles. The van der Waals surface area contributed by atoms with Gasteiger partial charge in [0.15, 0.2) is 11.6 Å². The summed E-state index contributed by atoms with van der Waals surface area (Å²) in [6.45, 7) is 1.15. The van der Waals surface area contributed by atoms with E-state index in [9.17, 15) is 44.3 Å². The molecule has 44 heavy (non-hydrogen) atoms. The number of alkyl halides is 5. The minimum Gasteiger partial charge on any atom is -0.505 e. The van der Waals surface area contributed by atoms with Crippen LogP contribution in [0.5, 0.6) is 5.75 Å². The first-order valence-electron chi connectivity index (χ1n) is 14.9. The van der Waals surface area contributed by atoms with Crippen LogP contribution in [-0.2, 0) is 16.3 Å². The Morgan fingerprint density at radius 2 is 1.45 bits per heavy atom. The molecule has 0 heterocycles. The lowest BCUT2D eigenvalue weighted by Gasteiger charge is -2.19. The highest BCUT2D eigenvalue weighted by Gasteiger charge is 2.56. The lowest BCUT2D eigenvalue weighted by atomic mass is 9.89. The Bertz CT molecular complexity index is 1370. The molecule has 0 fully saturated rings. The van der Waals surface area contributed by atoms with Crippen LogP contribution in [0.25, 0.3) is 11.1 Å². The molecule has 2 aromatic carbocycles. The minimum absolute atomic E-state index is 0.250. The number of phenolic OH excluding ortho intramolecular Hbond substituents is 1. The summed E-state index contributed by atoms with van der Waals surface area (Å²) < 4.78 is 115. The van der Waals surface area contributed by atoms with Gasteiger partial charge in [0.2, 0.25) is 0 Å². The van der Waals surface area contributed by atoms with E-state index in [0.717, 1.165) is 48.0 Å². The molecule has 0 radical (unpaired) electrons. The standard InChI is InChI=1S/C32H40F7NO3S/c1-40(20-8-22-44(42,43)21-7-18-31(35,36)32(37,38)39)19-5-3-2-4-9-26-25(23-12-14-24(33)15-13-23)10-6-11-28-27(26)16-17-29(41)30(28)34/h12-17,41H,2-11,18-22H2,1H3. The summed E-state index contributed by atoms with van der Waals surface area (Å²) in [5, 5.41) is 9.94. The van der Waals surface area contributed by atoms with Crippen molar-refractivity contribution in [1.82, 2.24) is 4.90 Å². The fourth-order valence-electron chi connectivity index (χ4n) is 5.61. The lowest BCUT2D eigenvalue weighted by Crippen LogP contribution is -2.36. The average Bonchev–Trinajstić information content (AvgIpc) is 3.12. The minimum atomic E-state index is -5.69. The van der Waals surface area contributed by atoms with Crippen molar-refractivity contribution in [1.29, 1.82) is 0 Å². The number of benzene rings is 2. The molecule has 1 aliphatic carbocycles. The van der Waals surface area contributed by atoms with E-state index in [-0.39, 0.29) is 23.7 Å². The van der Waals surface area contributed by atoms with Gasteiger partial charge in [0.05, 0.1) is 11.5 Å². The summed E-state index contributed by atoms with van der Waals surface area (Å²) in [5.74, 6) is -7.19. The highest BCUT2D eigenvalue weighted by atomic mass is 32.2. The maximum atomic E-state index is 14.8. The second kappa shape index (κ2) is 15.6. The van der Waals surface area contributed by atoms with Crippen molar-refractivity contribution < 1.29 is 44.3 Å². The van der Waals surface area contributed by atoms with E-state index >= 15 is 0 Å². The van der Waals surface area contributed by atoms with Crippen molar-refractivity contribution in [3.05, 3.63) is 64.7 Å². The Kier molecular flexibility index (Phi) is 12.7. The van der Waals surface area contributed by atoms with Crippen LogP contribution in [0, 0.1) is 11.6 Å². The Morgan fingerprint density at radius 1 is 0.818 bits per heavy atom. The quantitative estimate of drug-likeness (QED) is 0.146. The van der Waals surface area contributed by atoms with Gasteiger partial charge in [0.1, 0.15) is 15.7 Å². The highest BCUT2D eigenvalue weighted by molar-refractivity contribution is 7.91. The SMILES string of the molecule is CN(CCCCCCC1=C(c2ccc(F)cc2)CCCc2c1ccc(O)c2F)CCCS(=O)(=O)CCCC(F)(F)C(F)(F)F. The third-order valence-corrected chi connectivity index (χ3v) is 9.85. The summed E-state index contributed by atoms with van der Waals surface area (Å²) >= 11 is 0. The van der Waals surface area contributed by atoms with Gasteiger partial charge < -0.3 is 10.0 Å². The number of hydrogen-bond donors (Lipinski definition) is 1. The fraction of sp³-hybridized carbons (Fsp3) is 0.562. The van der Waals surface area contributed by atoms with Gasteiger partial charge in [0, 0.05) is 6.42 Å². The van der Waals surface area contributed by atoms with E-state index in [2.05, 4.69) is 0 Å². The molecule has 0 unspecified atom stereocenters. The highest BCUT2D eigenvalue weighted by Crippen LogP contribution is 2.41. The number of unbranched alkanes of at least 4 members (excludes halogenated alkanes) is 3. The lowest BCUT2D eigenvalue weighted by molar-refractivity contribution is -0.284.